The summed E-state index contributed by atoms with van der Waals surface area (Å²) in [5.41, 5.74) is 1.20. The maximum Gasteiger partial charge on any atom is 0.303 e. The fourth-order valence-electron chi connectivity index (χ4n) is 3.66. The zero-order chi connectivity index (χ0) is 21.2. The molecule has 0 aliphatic heterocycles. The van der Waals surface area contributed by atoms with Gasteiger partial charge in [0.2, 0.25) is 0 Å². The Labute approximate surface area is 177 Å². The molecule has 1 aromatic rings. The van der Waals surface area contributed by atoms with Crippen molar-refractivity contribution in [2.24, 2.45) is 0 Å². The third-order valence-corrected chi connectivity index (χ3v) is 5.44. The van der Waals surface area contributed by atoms with Crippen molar-refractivity contribution in [2.45, 2.75) is 116 Å². The van der Waals surface area contributed by atoms with E-state index >= 15 is 0 Å². The van der Waals surface area contributed by atoms with Crippen LogP contribution < -0.4 is 0 Å². The van der Waals surface area contributed by atoms with Crippen LogP contribution in [-0.4, -0.2) is 28.4 Å². The minimum Gasteiger partial charge on any atom is -0.481 e. The highest BCUT2D eigenvalue weighted by atomic mass is 16.5. The Hall–Kier alpha value is -1.39. The third-order valence-electron chi connectivity index (χ3n) is 5.44. The molecule has 4 nitrogen and oxygen atoms in total. The summed E-state index contributed by atoms with van der Waals surface area (Å²) in [6.07, 6.45) is 14.0. The molecule has 0 fully saturated rings. The Morgan fingerprint density at radius 1 is 0.862 bits per heavy atom. The number of aliphatic carboxylic acids is 1. The lowest BCUT2D eigenvalue weighted by atomic mass is 10.0. The maximum atomic E-state index is 10.4. The van der Waals surface area contributed by atoms with Gasteiger partial charge >= 0.3 is 5.97 Å². The van der Waals surface area contributed by atoms with E-state index in [9.17, 15) is 9.90 Å². The molecule has 0 spiro atoms. The van der Waals surface area contributed by atoms with Gasteiger partial charge in [-0.05, 0) is 37.7 Å². The van der Waals surface area contributed by atoms with Crippen LogP contribution in [-0.2, 0) is 16.1 Å². The normalized spacial score (nSPS) is 13.3. The molecular weight excluding hydrogens is 364 g/mol. The van der Waals surface area contributed by atoms with E-state index in [1.807, 2.05) is 18.2 Å². The van der Waals surface area contributed by atoms with E-state index in [1.165, 1.54) is 31.2 Å². The second-order valence-electron chi connectivity index (χ2n) is 8.20. The summed E-state index contributed by atoms with van der Waals surface area (Å²) in [6.45, 7) is 2.83. The van der Waals surface area contributed by atoms with Crippen LogP contribution in [0.2, 0.25) is 0 Å². The number of hydrogen-bond acceptors (Lipinski definition) is 3. The predicted molar refractivity (Wildman–Crippen MR) is 119 cm³/mol. The van der Waals surface area contributed by atoms with Gasteiger partial charge in [-0.2, -0.15) is 0 Å². The summed E-state index contributed by atoms with van der Waals surface area (Å²) in [5.74, 6) is -0.688. The molecule has 0 saturated carbocycles. The van der Waals surface area contributed by atoms with Crippen molar-refractivity contribution < 1.29 is 19.7 Å². The number of carboxylic acid groups (broad SMARTS) is 1. The van der Waals surface area contributed by atoms with Crippen LogP contribution in [0.1, 0.15) is 102 Å². The molecule has 4 heteroatoms. The van der Waals surface area contributed by atoms with Gasteiger partial charge in [0.15, 0.2) is 0 Å². The zero-order valence-corrected chi connectivity index (χ0v) is 18.4. The lowest BCUT2D eigenvalue weighted by Gasteiger charge is -2.19. The van der Waals surface area contributed by atoms with E-state index in [0.717, 1.165) is 57.8 Å². The molecule has 0 bridgehead atoms. The molecule has 0 aliphatic carbocycles. The first-order chi connectivity index (χ1) is 14.1. The van der Waals surface area contributed by atoms with Gasteiger partial charge in [0, 0.05) is 6.42 Å². The molecule has 1 aromatic carbocycles. The summed E-state index contributed by atoms with van der Waals surface area (Å²) in [6, 6.07) is 10.3. The monoisotopic (exact) mass is 406 g/mol. The minimum atomic E-state index is -0.688. The molecule has 2 N–H and O–H groups in total. The Morgan fingerprint density at radius 2 is 1.48 bits per heavy atom. The van der Waals surface area contributed by atoms with Gasteiger partial charge in [-0.1, -0.05) is 88.6 Å². The van der Waals surface area contributed by atoms with Gasteiger partial charge in [0.25, 0.3) is 0 Å². The highest BCUT2D eigenvalue weighted by Gasteiger charge is 2.12. The average molecular weight is 407 g/mol. The highest BCUT2D eigenvalue weighted by Crippen LogP contribution is 2.17. The molecule has 0 saturated heterocycles. The molecule has 0 radical (unpaired) electrons. The average Bonchev–Trinajstić information content (AvgIpc) is 2.72. The van der Waals surface area contributed by atoms with Gasteiger partial charge < -0.3 is 14.9 Å². The topological polar surface area (TPSA) is 66.8 Å². The van der Waals surface area contributed by atoms with Crippen molar-refractivity contribution in [3.05, 3.63) is 35.9 Å². The van der Waals surface area contributed by atoms with E-state index < -0.39 is 5.97 Å². The van der Waals surface area contributed by atoms with Gasteiger partial charge in [-0.15, -0.1) is 0 Å². The fourth-order valence-corrected chi connectivity index (χ4v) is 3.66. The summed E-state index contributed by atoms with van der Waals surface area (Å²) in [4.78, 5) is 10.4. The lowest BCUT2D eigenvalue weighted by Crippen LogP contribution is -2.17. The van der Waals surface area contributed by atoms with Crippen molar-refractivity contribution in [2.75, 3.05) is 0 Å². The van der Waals surface area contributed by atoms with Crippen molar-refractivity contribution in [1.82, 2.24) is 0 Å². The second kappa shape index (κ2) is 17.5. The number of carbonyl (C=O) groups is 1. The predicted octanol–water partition coefficient (Wildman–Crippen LogP) is 6.50. The molecular formula is C25H42O4. The van der Waals surface area contributed by atoms with Gasteiger partial charge in [0.1, 0.15) is 0 Å². The van der Waals surface area contributed by atoms with Crippen LogP contribution in [0.25, 0.3) is 0 Å². The van der Waals surface area contributed by atoms with E-state index in [-0.39, 0.29) is 12.2 Å². The molecule has 2 unspecified atom stereocenters. The van der Waals surface area contributed by atoms with E-state index in [0.29, 0.717) is 13.0 Å². The molecule has 166 valence electrons. The third kappa shape index (κ3) is 15.2. The first-order valence-corrected chi connectivity index (χ1v) is 11.7. The largest absolute Gasteiger partial charge is 0.481 e. The van der Waals surface area contributed by atoms with Crippen LogP contribution in [0.4, 0.5) is 0 Å². The van der Waals surface area contributed by atoms with Crippen LogP contribution >= 0.6 is 0 Å². The standard InChI is InChI=1S/C25H42O4/c1-2-14-24(29-21-22-15-10-9-11-16-22)20-19-23(26)17-12-7-5-3-4-6-8-13-18-25(27)28/h9-11,15-16,23-24,26H,2-8,12-14,17-21H2,1H3,(H,27,28). The first-order valence-electron chi connectivity index (χ1n) is 11.7. The molecule has 0 amide bonds. The number of benzene rings is 1. The zero-order valence-electron chi connectivity index (χ0n) is 18.4. The van der Waals surface area contributed by atoms with Crippen LogP contribution in [0.15, 0.2) is 30.3 Å². The number of rotatable bonds is 19. The highest BCUT2D eigenvalue weighted by molar-refractivity contribution is 5.66. The van der Waals surface area contributed by atoms with Gasteiger partial charge in [0.05, 0.1) is 18.8 Å². The van der Waals surface area contributed by atoms with E-state index in [4.69, 9.17) is 9.84 Å². The van der Waals surface area contributed by atoms with Crippen LogP contribution in [0.3, 0.4) is 0 Å². The van der Waals surface area contributed by atoms with Crippen LogP contribution in [0.5, 0.6) is 0 Å². The lowest BCUT2D eigenvalue weighted by molar-refractivity contribution is -0.137. The molecule has 1 rings (SSSR count). The van der Waals surface area contributed by atoms with Crippen LogP contribution in [0, 0.1) is 0 Å². The molecule has 2 atom stereocenters. The second-order valence-corrected chi connectivity index (χ2v) is 8.20. The van der Waals surface area contributed by atoms with Crippen molar-refractivity contribution >= 4 is 5.97 Å². The van der Waals surface area contributed by atoms with Crippen molar-refractivity contribution in [3.63, 3.8) is 0 Å². The molecule has 0 aromatic heterocycles. The van der Waals surface area contributed by atoms with E-state index in [1.54, 1.807) is 0 Å². The quantitative estimate of drug-likeness (QED) is 0.257. The molecule has 29 heavy (non-hydrogen) atoms. The number of aliphatic hydroxyl groups is 1. The molecule has 0 aliphatic rings. The Bertz CT molecular complexity index is 503. The van der Waals surface area contributed by atoms with Crippen molar-refractivity contribution in [3.8, 4) is 0 Å². The SMILES string of the molecule is CCCC(CCC(O)CCCCCCCCCCC(=O)O)OCc1ccccc1. The summed E-state index contributed by atoms with van der Waals surface area (Å²) in [7, 11) is 0. The molecule has 0 heterocycles. The smallest absolute Gasteiger partial charge is 0.303 e. The summed E-state index contributed by atoms with van der Waals surface area (Å²) >= 11 is 0. The summed E-state index contributed by atoms with van der Waals surface area (Å²) < 4.78 is 6.09. The Kier molecular flexibility index (Phi) is 15.4. The maximum absolute atomic E-state index is 10.4. The number of hydrogen-bond donors (Lipinski definition) is 2. The number of aliphatic hydroxyl groups excluding tert-OH is 1. The minimum absolute atomic E-state index is 0.217. The number of unbranched alkanes of at least 4 members (excludes halogenated alkanes) is 7. The van der Waals surface area contributed by atoms with Crippen molar-refractivity contribution in [1.29, 1.82) is 0 Å². The van der Waals surface area contributed by atoms with E-state index in [2.05, 4.69) is 19.1 Å². The fraction of sp³-hybridized carbons (Fsp3) is 0.720. The first kappa shape index (κ1) is 25.6. The summed E-state index contributed by atoms with van der Waals surface area (Å²) in [5, 5.41) is 18.9. The van der Waals surface area contributed by atoms with Gasteiger partial charge in [-0.3, -0.25) is 4.79 Å². The Balaban J connectivity index is 2.01. The number of ether oxygens (including phenoxy) is 1. The van der Waals surface area contributed by atoms with Gasteiger partial charge in [-0.25, -0.2) is 0 Å². The Morgan fingerprint density at radius 3 is 2.10 bits per heavy atom. The number of carboxylic acids is 1.